The fourth-order valence-corrected chi connectivity index (χ4v) is 4.39. The van der Waals surface area contributed by atoms with E-state index in [-0.39, 0.29) is 5.91 Å². The minimum Gasteiger partial charge on any atom is -0.447 e. The van der Waals surface area contributed by atoms with Crippen molar-refractivity contribution in [2.75, 3.05) is 57.3 Å². The second-order valence-corrected chi connectivity index (χ2v) is 8.41. The van der Waals surface area contributed by atoms with Crippen LogP contribution in [0.2, 0.25) is 5.02 Å². The maximum Gasteiger partial charge on any atom is 0.273 e. The van der Waals surface area contributed by atoms with Gasteiger partial charge in [0.1, 0.15) is 6.26 Å². The van der Waals surface area contributed by atoms with Crippen molar-refractivity contribution in [2.45, 2.75) is 25.8 Å². The van der Waals surface area contributed by atoms with Gasteiger partial charge in [-0.25, -0.2) is 4.98 Å². The normalized spacial score (nSPS) is 18.5. The molecule has 30 heavy (non-hydrogen) atoms. The number of piperazine rings is 1. The number of likely N-dealkylation sites (tertiary alicyclic amines) is 1. The first-order valence-electron chi connectivity index (χ1n) is 10.9. The van der Waals surface area contributed by atoms with Gasteiger partial charge in [-0.3, -0.25) is 9.69 Å². The zero-order valence-electron chi connectivity index (χ0n) is 17.4. The molecule has 2 fully saturated rings. The van der Waals surface area contributed by atoms with Gasteiger partial charge in [0.15, 0.2) is 5.69 Å². The first-order valence-corrected chi connectivity index (χ1v) is 11.2. The van der Waals surface area contributed by atoms with Gasteiger partial charge >= 0.3 is 0 Å². The highest BCUT2D eigenvalue weighted by Crippen LogP contribution is 2.26. The molecule has 2 aromatic rings. The number of rotatable bonds is 7. The summed E-state index contributed by atoms with van der Waals surface area (Å²) in [6.45, 7) is 7.99. The van der Waals surface area contributed by atoms with E-state index in [0.717, 1.165) is 56.5 Å². The molecule has 7 nitrogen and oxygen atoms in total. The predicted octanol–water partition coefficient (Wildman–Crippen LogP) is 2.87. The Morgan fingerprint density at radius 3 is 2.57 bits per heavy atom. The number of hydrogen-bond donors (Lipinski definition) is 1. The molecule has 1 amide bonds. The molecule has 2 saturated heterocycles. The summed E-state index contributed by atoms with van der Waals surface area (Å²) in [6, 6.07) is 7.95. The summed E-state index contributed by atoms with van der Waals surface area (Å²) in [7, 11) is 0. The molecule has 1 N–H and O–H groups in total. The molecule has 162 valence electrons. The van der Waals surface area contributed by atoms with E-state index in [2.05, 4.69) is 31.1 Å². The molecule has 0 bridgehead atoms. The van der Waals surface area contributed by atoms with Gasteiger partial charge in [0.05, 0.1) is 17.3 Å². The molecule has 2 aliphatic heterocycles. The van der Waals surface area contributed by atoms with Crippen LogP contribution in [0.1, 0.15) is 35.6 Å². The fraction of sp³-hybridized carbons (Fsp3) is 0.545. The molecule has 0 atom stereocenters. The number of piperidine rings is 1. The largest absolute Gasteiger partial charge is 0.447 e. The Morgan fingerprint density at radius 1 is 1.03 bits per heavy atom. The van der Waals surface area contributed by atoms with Crippen LogP contribution in [-0.2, 0) is 6.54 Å². The Balaban J connectivity index is 1.21. The molecule has 0 aliphatic carbocycles. The summed E-state index contributed by atoms with van der Waals surface area (Å²) < 4.78 is 5.56. The number of carbonyl (C=O) groups excluding carboxylic acids is 1. The van der Waals surface area contributed by atoms with Gasteiger partial charge in [-0.05, 0) is 38.1 Å². The number of amides is 1. The number of carbonyl (C=O) groups is 1. The van der Waals surface area contributed by atoms with Crippen molar-refractivity contribution >= 4 is 23.2 Å². The molecule has 0 spiro atoms. The van der Waals surface area contributed by atoms with Crippen LogP contribution in [0.4, 0.5) is 5.69 Å². The number of aromatic nitrogens is 1. The van der Waals surface area contributed by atoms with Crippen molar-refractivity contribution in [2.24, 2.45) is 0 Å². The lowest BCUT2D eigenvalue weighted by molar-refractivity contribution is 0.0941. The van der Waals surface area contributed by atoms with Crippen LogP contribution in [0.15, 0.2) is 34.9 Å². The third kappa shape index (κ3) is 5.53. The van der Waals surface area contributed by atoms with Gasteiger partial charge in [-0.15, -0.1) is 0 Å². The average Bonchev–Trinajstić information content (AvgIpc) is 3.24. The zero-order chi connectivity index (χ0) is 20.8. The van der Waals surface area contributed by atoms with Crippen LogP contribution in [0.5, 0.6) is 0 Å². The van der Waals surface area contributed by atoms with Crippen molar-refractivity contribution in [1.82, 2.24) is 20.1 Å². The Morgan fingerprint density at radius 2 is 1.80 bits per heavy atom. The van der Waals surface area contributed by atoms with E-state index >= 15 is 0 Å². The first-order chi connectivity index (χ1) is 14.7. The number of nitrogens with one attached hydrogen (secondary N) is 1. The SMILES string of the molecule is O=C(NCCN1CCCCC1)c1coc(CN2CCN(c3ccccc3Cl)CC2)n1. The summed E-state index contributed by atoms with van der Waals surface area (Å²) in [6.07, 6.45) is 5.30. The van der Waals surface area contributed by atoms with Crippen molar-refractivity contribution in [1.29, 1.82) is 0 Å². The van der Waals surface area contributed by atoms with Crippen LogP contribution in [-0.4, -0.2) is 73.0 Å². The number of anilines is 1. The Bertz CT molecular complexity index is 828. The van der Waals surface area contributed by atoms with E-state index in [9.17, 15) is 4.79 Å². The van der Waals surface area contributed by atoms with Crippen LogP contribution in [0, 0.1) is 0 Å². The molecule has 0 saturated carbocycles. The highest BCUT2D eigenvalue weighted by Gasteiger charge is 2.21. The number of benzene rings is 1. The van der Waals surface area contributed by atoms with Gasteiger partial charge in [0.2, 0.25) is 5.89 Å². The van der Waals surface area contributed by atoms with Gasteiger partial charge < -0.3 is 19.5 Å². The van der Waals surface area contributed by atoms with E-state index in [4.69, 9.17) is 16.0 Å². The Hall–Kier alpha value is -2.09. The van der Waals surface area contributed by atoms with Gasteiger partial charge in [-0.1, -0.05) is 30.2 Å². The van der Waals surface area contributed by atoms with Crippen LogP contribution in [0.25, 0.3) is 0 Å². The smallest absolute Gasteiger partial charge is 0.273 e. The third-order valence-corrected chi connectivity index (χ3v) is 6.19. The fourth-order valence-electron chi connectivity index (χ4n) is 4.14. The maximum absolute atomic E-state index is 12.3. The van der Waals surface area contributed by atoms with Crippen molar-refractivity contribution in [3.63, 3.8) is 0 Å². The predicted molar refractivity (Wildman–Crippen MR) is 118 cm³/mol. The molecule has 0 radical (unpaired) electrons. The first kappa shape index (κ1) is 21.2. The second kappa shape index (κ2) is 10.3. The maximum atomic E-state index is 12.3. The molecule has 4 rings (SSSR count). The highest BCUT2D eigenvalue weighted by atomic mass is 35.5. The summed E-state index contributed by atoms with van der Waals surface area (Å²) >= 11 is 6.32. The van der Waals surface area contributed by atoms with Crippen LogP contribution >= 0.6 is 11.6 Å². The molecule has 8 heteroatoms. The lowest BCUT2D eigenvalue weighted by atomic mass is 10.1. The quantitative estimate of drug-likeness (QED) is 0.727. The van der Waals surface area contributed by atoms with E-state index in [1.165, 1.54) is 25.5 Å². The highest BCUT2D eigenvalue weighted by molar-refractivity contribution is 6.33. The molecule has 0 unspecified atom stereocenters. The molecule has 3 heterocycles. The van der Waals surface area contributed by atoms with Crippen LogP contribution < -0.4 is 10.2 Å². The van der Waals surface area contributed by atoms with Gasteiger partial charge in [-0.2, -0.15) is 0 Å². The number of nitrogens with zero attached hydrogens (tertiary/aromatic N) is 4. The standard InChI is InChI=1S/C22H30ClN5O2/c23-18-6-2-3-7-20(18)28-14-12-27(13-15-28)16-21-25-19(17-30-21)22(29)24-8-11-26-9-4-1-5-10-26/h2-3,6-7,17H,1,4-5,8-16H2,(H,24,29). The molecule has 1 aromatic carbocycles. The lowest BCUT2D eigenvalue weighted by Gasteiger charge is -2.35. The Labute approximate surface area is 183 Å². The van der Waals surface area contributed by atoms with E-state index in [1.54, 1.807) is 0 Å². The average molecular weight is 432 g/mol. The Kier molecular flexibility index (Phi) is 7.25. The molecular formula is C22H30ClN5O2. The van der Waals surface area contributed by atoms with Gasteiger partial charge in [0.25, 0.3) is 5.91 Å². The number of hydrogen-bond acceptors (Lipinski definition) is 6. The van der Waals surface area contributed by atoms with Crippen LogP contribution in [0.3, 0.4) is 0 Å². The second-order valence-electron chi connectivity index (χ2n) is 8.00. The number of halogens is 1. The van der Waals surface area contributed by atoms with E-state index in [0.29, 0.717) is 24.7 Å². The van der Waals surface area contributed by atoms with Crippen molar-refractivity contribution in [3.05, 3.63) is 47.1 Å². The third-order valence-electron chi connectivity index (χ3n) is 5.87. The minimum atomic E-state index is -0.162. The van der Waals surface area contributed by atoms with Crippen molar-refractivity contribution < 1.29 is 9.21 Å². The van der Waals surface area contributed by atoms with E-state index in [1.807, 2.05) is 18.2 Å². The molecular weight excluding hydrogens is 402 g/mol. The van der Waals surface area contributed by atoms with E-state index < -0.39 is 0 Å². The topological polar surface area (TPSA) is 64.9 Å². The monoisotopic (exact) mass is 431 g/mol. The lowest BCUT2D eigenvalue weighted by Crippen LogP contribution is -2.46. The zero-order valence-corrected chi connectivity index (χ0v) is 18.1. The number of para-hydroxylation sites is 1. The number of oxazole rings is 1. The summed E-state index contributed by atoms with van der Waals surface area (Å²) in [4.78, 5) is 23.7. The minimum absolute atomic E-state index is 0.162. The summed E-state index contributed by atoms with van der Waals surface area (Å²) in [5.74, 6) is 0.424. The molecule has 2 aliphatic rings. The van der Waals surface area contributed by atoms with Crippen molar-refractivity contribution in [3.8, 4) is 0 Å². The molecule has 1 aromatic heterocycles. The summed E-state index contributed by atoms with van der Waals surface area (Å²) in [5.41, 5.74) is 1.44. The van der Waals surface area contributed by atoms with Gasteiger partial charge in [0, 0.05) is 39.3 Å². The summed E-state index contributed by atoms with van der Waals surface area (Å²) in [5, 5.41) is 3.74.